The average Bonchev–Trinajstić information content (AvgIpc) is 3.08. The minimum atomic E-state index is -0.549. The first-order chi connectivity index (χ1) is 23.9. The summed E-state index contributed by atoms with van der Waals surface area (Å²) in [5.41, 5.74) is 15.6. The molecule has 19 heteroatoms. The van der Waals surface area contributed by atoms with Gasteiger partial charge < -0.3 is 51.6 Å². The highest BCUT2D eigenvalue weighted by atomic mass is 35.5. The summed E-state index contributed by atoms with van der Waals surface area (Å²) < 4.78 is 27.5. The molecule has 3 rings (SSSR count). The van der Waals surface area contributed by atoms with E-state index in [1.165, 1.54) is 25.1 Å². The molecule has 0 radical (unpaired) electrons. The first kappa shape index (κ1) is 52.5. The number of hydrogen-bond donors (Lipinski definition) is 7. The number of hydrogen-bond acceptors (Lipinski definition) is 14. The van der Waals surface area contributed by atoms with Crippen LogP contribution in [0.3, 0.4) is 0 Å². The molecule has 0 spiro atoms. The van der Waals surface area contributed by atoms with Crippen LogP contribution in [0.15, 0.2) is 54.6 Å². The van der Waals surface area contributed by atoms with Gasteiger partial charge in [-0.15, -0.1) is 24.8 Å². The summed E-state index contributed by atoms with van der Waals surface area (Å²) in [4.78, 5) is 19.7. The van der Waals surface area contributed by atoms with Gasteiger partial charge in [-0.25, -0.2) is 4.39 Å². The number of ether oxygens (including phenoxy) is 3. The van der Waals surface area contributed by atoms with E-state index in [-0.39, 0.29) is 56.0 Å². The van der Waals surface area contributed by atoms with Crippen LogP contribution in [0.1, 0.15) is 16.7 Å². The standard InChI is InChI=1S/C11H16N2O4.C11H18N2O2.C7H6FNO2.C4H11NO2.2ClH/c1-9-8-10(13(15)16)2-3-11(9)12-4-6-17-7-5-14;1-9-8-10(12)2-3-11(9)13-4-6-15-7-5-14;1-5-4-6(9(10)11)2-3-7(5)8;5-1-3-7-4-2-6;;/h2-3,8,12,14H,4-7H2,1H3;2-3,8,13-14H,4-7,12H2,1H3;2-4H,1H3;6H,1-5H2;2*1H. The van der Waals surface area contributed by atoms with Gasteiger partial charge >= 0.3 is 0 Å². The third-order valence-corrected chi connectivity index (χ3v) is 6.12. The van der Waals surface area contributed by atoms with Crippen molar-refractivity contribution in [3.63, 3.8) is 0 Å². The Balaban J connectivity index is -0.000000633. The van der Waals surface area contributed by atoms with E-state index in [0.29, 0.717) is 58.3 Å². The summed E-state index contributed by atoms with van der Waals surface area (Å²) in [7, 11) is 0. The molecule has 52 heavy (non-hydrogen) atoms. The molecule has 0 aliphatic carbocycles. The van der Waals surface area contributed by atoms with Crippen molar-refractivity contribution in [2.24, 2.45) is 5.73 Å². The largest absolute Gasteiger partial charge is 0.399 e. The number of nitrogens with one attached hydrogen (secondary N) is 2. The molecular weight excluding hydrogens is 730 g/mol. The highest BCUT2D eigenvalue weighted by molar-refractivity contribution is 5.85. The van der Waals surface area contributed by atoms with Crippen LogP contribution >= 0.6 is 24.8 Å². The number of benzene rings is 3. The first-order valence-electron chi connectivity index (χ1n) is 15.7. The number of aryl methyl sites for hydroxylation is 3. The maximum atomic E-state index is 12.5. The van der Waals surface area contributed by atoms with Crippen molar-refractivity contribution in [3.05, 3.63) is 97.3 Å². The minimum absolute atomic E-state index is 0. The summed E-state index contributed by atoms with van der Waals surface area (Å²) in [6, 6.07) is 13.9. The summed E-state index contributed by atoms with van der Waals surface area (Å²) >= 11 is 0. The van der Waals surface area contributed by atoms with Crippen LogP contribution < -0.4 is 22.1 Å². The lowest BCUT2D eigenvalue weighted by Gasteiger charge is -2.10. The third kappa shape index (κ3) is 25.1. The quantitative estimate of drug-likeness (QED) is 0.0414. The number of aliphatic hydroxyl groups excluding tert-OH is 3. The number of aliphatic hydroxyl groups is 3. The average molecular weight is 784 g/mol. The van der Waals surface area contributed by atoms with Gasteiger partial charge in [0.15, 0.2) is 0 Å². The molecule has 0 bridgehead atoms. The van der Waals surface area contributed by atoms with Gasteiger partial charge in [0, 0.05) is 61.0 Å². The Morgan fingerprint density at radius 1 is 0.654 bits per heavy atom. The zero-order valence-corrected chi connectivity index (χ0v) is 31.3. The second-order valence-corrected chi connectivity index (χ2v) is 10.2. The van der Waals surface area contributed by atoms with Crippen LogP contribution in [0.25, 0.3) is 0 Å². The van der Waals surface area contributed by atoms with E-state index in [2.05, 4.69) is 10.6 Å². The van der Waals surface area contributed by atoms with Crippen molar-refractivity contribution >= 4 is 53.3 Å². The Bertz CT molecular complexity index is 1400. The molecule has 0 unspecified atom stereocenters. The normalized spacial score (nSPS) is 9.62. The number of nitrogens with zero attached hydrogens (tertiary/aromatic N) is 2. The fraction of sp³-hybridized carbons (Fsp3) is 0.455. The van der Waals surface area contributed by atoms with E-state index in [1.54, 1.807) is 6.07 Å². The Labute approximate surface area is 315 Å². The number of nitro benzene ring substituents is 2. The zero-order valence-electron chi connectivity index (χ0n) is 29.6. The van der Waals surface area contributed by atoms with E-state index in [4.69, 9.17) is 41.0 Å². The van der Waals surface area contributed by atoms with Gasteiger partial charge in [0.2, 0.25) is 0 Å². The Kier molecular flexibility index (Phi) is 33.2. The third-order valence-electron chi connectivity index (χ3n) is 6.12. The van der Waals surface area contributed by atoms with Gasteiger partial charge in [0.25, 0.3) is 11.4 Å². The van der Waals surface area contributed by atoms with Crippen molar-refractivity contribution in [3.8, 4) is 0 Å². The van der Waals surface area contributed by atoms with Crippen LogP contribution in [0.4, 0.5) is 32.8 Å². The molecule has 0 aliphatic rings. The molecule has 0 aromatic heterocycles. The number of anilines is 3. The van der Waals surface area contributed by atoms with Gasteiger partial charge in [-0.1, -0.05) is 0 Å². The van der Waals surface area contributed by atoms with Crippen LogP contribution in [0, 0.1) is 46.8 Å². The predicted molar refractivity (Wildman–Crippen MR) is 205 cm³/mol. The number of nitro groups is 2. The van der Waals surface area contributed by atoms with Gasteiger partial charge in [-0.3, -0.25) is 20.2 Å². The van der Waals surface area contributed by atoms with Gasteiger partial charge in [0.05, 0.1) is 69.3 Å². The zero-order chi connectivity index (χ0) is 37.7. The van der Waals surface area contributed by atoms with Gasteiger partial charge in [-0.05, 0) is 67.8 Å². The Morgan fingerprint density at radius 3 is 1.44 bits per heavy atom. The molecule has 3 aromatic carbocycles. The van der Waals surface area contributed by atoms with E-state index in [1.807, 2.05) is 32.0 Å². The van der Waals surface area contributed by atoms with Crippen molar-refractivity contribution < 1.29 is 43.8 Å². The maximum absolute atomic E-state index is 12.5. The number of nitrogens with two attached hydrogens (primary N) is 2. The molecular formula is C33H53Cl2FN6O10. The summed E-state index contributed by atoms with van der Waals surface area (Å²) in [6.45, 7) is 10.0. The van der Waals surface area contributed by atoms with Crippen LogP contribution in [0.2, 0.25) is 0 Å². The number of non-ortho nitro benzene ring substituents is 2. The highest BCUT2D eigenvalue weighted by Gasteiger charge is 2.08. The van der Waals surface area contributed by atoms with E-state index < -0.39 is 15.7 Å². The summed E-state index contributed by atoms with van der Waals surface area (Å²) in [6.07, 6.45) is 0. The number of rotatable bonds is 18. The highest BCUT2D eigenvalue weighted by Crippen LogP contribution is 2.21. The fourth-order valence-electron chi connectivity index (χ4n) is 3.69. The second-order valence-electron chi connectivity index (χ2n) is 10.2. The smallest absolute Gasteiger partial charge is 0.269 e. The first-order valence-corrected chi connectivity index (χ1v) is 15.7. The summed E-state index contributed by atoms with van der Waals surface area (Å²) in [5.74, 6) is -0.421. The maximum Gasteiger partial charge on any atom is 0.269 e. The molecule has 296 valence electrons. The molecule has 0 saturated carbocycles. The number of nitrogen functional groups attached to an aromatic ring is 1. The molecule has 9 N–H and O–H groups in total. The summed E-state index contributed by atoms with van der Waals surface area (Å²) in [5, 5.41) is 52.2. The fourth-order valence-corrected chi connectivity index (χ4v) is 3.69. The Hall–Kier alpha value is -3.91. The van der Waals surface area contributed by atoms with Crippen LogP contribution in [0.5, 0.6) is 0 Å². The Morgan fingerprint density at radius 2 is 1.06 bits per heavy atom. The lowest BCUT2D eigenvalue weighted by atomic mass is 10.2. The van der Waals surface area contributed by atoms with Crippen molar-refractivity contribution in [1.29, 1.82) is 0 Å². The predicted octanol–water partition coefficient (Wildman–Crippen LogP) is 4.16. The SMILES string of the molecule is Cc1cc(N)ccc1NCCOCCO.Cc1cc([N+](=O)[O-])ccc1F.Cc1cc([N+](=O)[O-])ccc1NCCOCCO.Cl.Cl.NCCOCCO. The molecule has 0 heterocycles. The van der Waals surface area contributed by atoms with E-state index in [0.717, 1.165) is 46.9 Å². The van der Waals surface area contributed by atoms with E-state index in [9.17, 15) is 24.6 Å². The molecule has 0 saturated heterocycles. The molecule has 16 nitrogen and oxygen atoms in total. The van der Waals surface area contributed by atoms with Gasteiger partial charge in [-0.2, -0.15) is 0 Å². The minimum Gasteiger partial charge on any atom is -0.399 e. The van der Waals surface area contributed by atoms with Gasteiger partial charge in [0.1, 0.15) is 5.82 Å². The molecule has 0 atom stereocenters. The topological polar surface area (TPSA) is 251 Å². The number of halogens is 3. The van der Waals surface area contributed by atoms with Crippen molar-refractivity contribution in [2.75, 3.05) is 95.5 Å². The van der Waals surface area contributed by atoms with Crippen molar-refractivity contribution in [1.82, 2.24) is 0 Å². The monoisotopic (exact) mass is 782 g/mol. The molecule has 0 aliphatic heterocycles. The van der Waals surface area contributed by atoms with E-state index >= 15 is 0 Å². The lowest BCUT2D eigenvalue weighted by molar-refractivity contribution is -0.385. The van der Waals surface area contributed by atoms with Crippen LogP contribution in [-0.4, -0.2) is 104 Å². The van der Waals surface area contributed by atoms with Crippen molar-refractivity contribution in [2.45, 2.75) is 20.8 Å². The molecule has 3 aromatic rings. The molecule has 0 fully saturated rings. The van der Waals surface area contributed by atoms with Crippen LogP contribution in [-0.2, 0) is 14.2 Å². The molecule has 0 amide bonds. The lowest BCUT2D eigenvalue weighted by Crippen LogP contribution is -2.11. The second kappa shape index (κ2) is 33.0.